The van der Waals surface area contributed by atoms with Crippen LogP contribution in [0.2, 0.25) is 0 Å². The molecule has 0 heterocycles. The molecular weight excluding hydrogens is 324 g/mol. The molecule has 0 spiro atoms. The van der Waals surface area contributed by atoms with E-state index in [1.165, 1.54) is 0 Å². The highest BCUT2D eigenvalue weighted by atomic mass is 28.2. The Morgan fingerprint density at radius 3 is 1.42 bits per heavy atom. The molecular formula is C18H24O5Si. The molecule has 0 amide bonds. The highest BCUT2D eigenvalue weighted by Crippen LogP contribution is 2.43. The fourth-order valence-electron chi connectivity index (χ4n) is 2.75. The molecule has 2 rings (SSSR count). The lowest BCUT2D eigenvalue weighted by Crippen LogP contribution is -2.28. The van der Waals surface area contributed by atoms with Crippen LogP contribution in [0, 0.1) is 0 Å². The van der Waals surface area contributed by atoms with E-state index < -0.39 is 5.60 Å². The van der Waals surface area contributed by atoms with Crippen LogP contribution in [-0.2, 0) is 10.0 Å². The summed E-state index contributed by atoms with van der Waals surface area (Å²) in [6.07, 6.45) is 0. The Kier molecular flexibility index (Phi) is 5.74. The zero-order valence-electron chi connectivity index (χ0n) is 15.0. The van der Waals surface area contributed by atoms with Gasteiger partial charge in [0.25, 0.3) is 0 Å². The molecule has 2 aromatic carbocycles. The molecule has 0 N–H and O–H groups in total. The van der Waals surface area contributed by atoms with Gasteiger partial charge in [-0.15, -0.1) is 0 Å². The Balaban J connectivity index is 2.64. The second kappa shape index (κ2) is 7.59. The molecule has 24 heavy (non-hydrogen) atoms. The maximum Gasteiger partial charge on any atom is 0.147 e. The van der Waals surface area contributed by atoms with E-state index in [0.717, 1.165) is 22.6 Å². The van der Waals surface area contributed by atoms with E-state index in [2.05, 4.69) is 0 Å². The van der Waals surface area contributed by atoms with Crippen molar-refractivity contribution in [2.75, 3.05) is 28.4 Å². The van der Waals surface area contributed by atoms with Gasteiger partial charge in [-0.05, 0) is 31.2 Å². The lowest BCUT2D eigenvalue weighted by atomic mass is 9.86. The van der Waals surface area contributed by atoms with Crippen molar-refractivity contribution in [1.29, 1.82) is 0 Å². The summed E-state index contributed by atoms with van der Waals surface area (Å²) in [5.41, 5.74) is 1.11. The summed E-state index contributed by atoms with van der Waals surface area (Å²) in [7, 11) is 7.07. The van der Waals surface area contributed by atoms with Crippen LogP contribution in [0.15, 0.2) is 36.4 Å². The normalized spacial score (nSPS) is 11.2. The van der Waals surface area contributed by atoms with Crippen molar-refractivity contribution in [3.63, 3.8) is 0 Å². The van der Waals surface area contributed by atoms with Crippen LogP contribution in [0.5, 0.6) is 23.0 Å². The van der Waals surface area contributed by atoms with Crippen LogP contribution < -0.4 is 18.9 Å². The van der Waals surface area contributed by atoms with E-state index in [9.17, 15) is 0 Å². The molecule has 0 aliphatic rings. The van der Waals surface area contributed by atoms with Crippen LogP contribution in [0.3, 0.4) is 0 Å². The SMILES string of the molecule is COc1ccc(C(C)(O[SiH3])c2ccc(OC)cc2OC)c(OC)c1. The molecule has 0 saturated heterocycles. The Bertz CT molecular complexity index is 646. The van der Waals surface area contributed by atoms with Crippen molar-refractivity contribution in [2.24, 2.45) is 0 Å². The van der Waals surface area contributed by atoms with E-state index in [4.69, 9.17) is 23.4 Å². The minimum Gasteiger partial charge on any atom is -0.497 e. The minimum atomic E-state index is -0.707. The zero-order valence-corrected chi connectivity index (χ0v) is 17.0. The third kappa shape index (κ3) is 3.20. The molecule has 5 nitrogen and oxygen atoms in total. The fourth-order valence-corrected chi connectivity index (χ4v) is 3.19. The molecule has 0 aliphatic heterocycles. The largest absolute Gasteiger partial charge is 0.497 e. The van der Waals surface area contributed by atoms with Gasteiger partial charge in [-0.25, -0.2) is 0 Å². The van der Waals surface area contributed by atoms with Gasteiger partial charge in [0.2, 0.25) is 0 Å². The summed E-state index contributed by atoms with van der Waals surface area (Å²) < 4.78 is 27.7. The summed E-state index contributed by atoms with van der Waals surface area (Å²) in [6.45, 7) is 2.01. The smallest absolute Gasteiger partial charge is 0.147 e. The highest BCUT2D eigenvalue weighted by Gasteiger charge is 2.34. The van der Waals surface area contributed by atoms with Gasteiger partial charge in [-0.1, -0.05) is 0 Å². The second-order valence-electron chi connectivity index (χ2n) is 5.37. The van der Waals surface area contributed by atoms with Gasteiger partial charge in [-0.2, -0.15) is 0 Å². The third-order valence-electron chi connectivity index (χ3n) is 4.25. The second-order valence-corrected chi connectivity index (χ2v) is 5.78. The average Bonchev–Trinajstić information content (AvgIpc) is 2.66. The van der Waals surface area contributed by atoms with Gasteiger partial charge in [-0.3, -0.25) is 0 Å². The first kappa shape index (κ1) is 18.2. The van der Waals surface area contributed by atoms with Crippen LogP contribution in [0.4, 0.5) is 0 Å². The quantitative estimate of drug-likeness (QED) is 0.719. The van der Waals surface area contributed by atoms with Gasteiger partial charge < -0.3 is 23.4 Å². The first-order chi connectivity index (χ1) is 11.5. The molecule has 2 aromatic rings. The van der Waals surface area contributed by atoms with Gasteiger partial charge in [0.15, 0.2) is 0 Å². The van der Waals surface area contributed by atoms with Crippen LogP contribution in [-0.4, -0.2) is 38.9 Å². The van der Waals surface area contributed by atoms with Crippen molar-refractivity contribution in [3.05, 3.63) is 47.5 Å². The maximum absolute atomic E-state index is 6.04. The fraction of sp³-hybridized carbons (Fsp3) is 0.333. The number of rotatable bonds is 7. The van der Waals surface area contributed by atoms with Crippen LogP contribution in [0.25, 0.3) is 0 Å². The summed E-state index contributed by atoms with van der Waals surface area (Å²) in [6, 6.07) is 11.4. The Morgan fingerprint density at radius 1 is 0.708 bits per heavy atom. The first-order valence-electron chi connectivity index (χ1n) is 7.54. The summed E-state index contributed by atoms with van der Waals surface area (Å²) in [4.78, 5) is 0. The number of ether oxygens (including phenoxy) is 4. The molecule has 0 aliphatic carbocycles. The molecule has 0 bridgehead atoms. The monoisotopic (exact) mass is 348 g/mol. The molecule has 0 aromatic heterocycles. The van der Waals surface area contributed by atoms with Gasteiger partial charge in [0.1, 0.15) is 39.1 Å². The molecule has 0 radical (unpaired) electrons. The maximum atomic E-state index is 6.04. The number of hydrogen-bond acceptors (Lipinski definition) is 5. The molecule has 0 saturated carbocycles. The van der Waals surface area contributed by atoms with E-state index in [0.29, 0.717) is 22.0 Å². The number of methoxy groups -OCH3 is 4. The van der Waals surface area contributed by atoms with Gasteiger partial charge >= 0.3 is 0 Å². The Morgan fingerprint density at radius 2 is 1.12 bits per heavy atom. The van der Waals surface area contributed by atoms with Crippen molar-refractivity contribution in [3.8, 4) is 23.0 Å². The zero-order chi connectivity index (χ0) is 17.7. The topological polar surface area (TPSA) is 46.2 Å². The van der Waals surface area contributed by atoms with Gasteiger partial charge in [0, 0.05) is 23.3 Å². The molecule has 0 atom stereocenters. The van der Waals surface area contributed by atoms with Crippen molar-refractivity contribution in [2.45, 2.75) is 12.5 Å². The van der Waals surface area contributed by atoms with Crippen LogP contribution >= 0.6 is 0 Å². The molecule has 0 fully saturated rings. The van der Waals surface area contributed by atoms with Crippen molar-refractivity contribution >= 4 is 10.5 Å². The average molecular weight is 348 g/mol. The van der Waals surface area contributed by atoms with E-state index >= 15 is 0 Å². The van der Waals surface area contributed by atoms with Crippen molar-refractivity contribution < 1.29 is 23.4 Å². The lowest BCUT2D eigenvalue weighted by Gasteiger charge is -2.33. The number of benzene rings is 2. The molecule has 0 unspecified atom stereocenters. The van der Waals surface area contributed by atoms with E-state index in [1.54, 1.807) is 28.4 Å². The standard InChI is InChI=1S/C18H24O5Si/c1-18(23-24,14-8-6-12(19-2)10-16(14)21-4)15-9-7-13(20-3)11-17(15)22-5/h6-11H,1-5,24H3. The third-order valence-corrected chi connectivity index (χ3v) is 5.07. The van der Waals surface area contributed by atoms with E-state index in [-0.39, 0.29) is 0 Å². The number of hydrogen-bond donors (Lipinski definition) is 0. The predicted octanol–water partition coefficient (Wildman–Crippen LogP) is 2.28. The van der Waals surface area contributed by atoms with E-state index in [1.807, 2.05) is 43.3 Å². The molecule has 6 heteroatoms. The van der Waals surface area contributed by atoms with Crippen LogP contribution in [0.1, 0.15) is 18.1 Å². The summed E-state index contributed by atoms with van der Waals surface area (Å²) >= 11 is 0. The highest BCUT2D eigenvalue weighted by molar-refractivity contribution is 5.98. The molecule has 130 valence electrons. The van der Waals surface area contributed by atoms with Crippen molar-refractivity contribution in [1.82, 2.24) is 0 Å². The first-order valence-corrected chi connectivity index (χ1v) is 8.35. The Hall–Kier alpha value is -2.18. The lowest BCUT2D eigenvalue weighted by molar-refractivity contribution is 0.140. The minimum absolute atomic E-state index is 0.542. The predicted molar refractivity (Wildman–Crippen MR) is 96.6 cm³/mol. The van der Waals surface area contributed by atoms with Gasteiger partial charge in [0.05, 0.1) is 28.4 Å². The Labute approximate surface area is 146 Å². The summed E-state index contributed by atoms with van der Waals surface area (Å²) in [5, 5.41) is 0. The summed E-state index contributed by atoms with van der Waals surface area (Å²) in [5.74, 6) is 2.86.